The van der Waals surface area contributed by atoms with E-state index in [4.69, 9.17) is 4.98 Å². The number of hydrogen-bond acceptors (Lipinski definition) is 4. The Bertz CT molecular complexity index is 588. The zero-order valence-electron chi connectivity index (χ0n) is 12.5. The van der Waals surface area contributed by atoms with Gasteiger partial charge in [0, 0.05) is 16.2 Å². The van der Waals surface area contributed by atoms with Crippen molar-refractivity contribution in [2.45, 2.75) is 51.1 Å². The van der Waals surface area contributed by atoms with E-state index in [1.807, 2.05) is 17.5 Å². The normalized spacial score (nSPS) is 15.6. The standard InChI is InChI=1S/C16H21N3OS2/c20-16(17-9-13-7-4-8-21-13)18-10-15-19-14(11-22-15)12-5-2-1-3-6-12/h4,7-8,11-12H,1-3,5-6,9-10H2,(H2,17,18,20). The van der Waals surface area contributed by atoms with Crippen LogP contribution in [0.4, 0.5) is 4.79 Å². The molecule has 0 aromatic carbocycles. The Morgan fingerprint density at radius 1 is 1.18 bits per heavy atom. The van der Waals surface area contributed by atoms with Crippen LogP contribution in [-0.4, -0.2) is 11.0 Å². The molecule has 2 N–H and O–H groups in total. The quantitative estimate of drug-likeness (QED) is 0.858. The predicted molar refractivity (Wildman–Crippen MR) is 91.3 cm³/mol. The van der Waals surface area contributed by atoms with Gasteiger partial charge in [0.05, 0.1) is 18.8 Å². The van der Waals surface area contributed by atoms with Gasteiger partial charge in [-0.3, -0.25) is 0 Å². The first-order chi connectivity index (χ1) is 10.8. The van der Waals surface area contributed by atoms with Gasteiger partial charge in [0.1, 0.15) is 5.01 Å². The number of nitrogens with one attached hydrogen (secondary N) is 2. The third kappa shape index (κ3) is 4.30. The second kappa shape index (κ2) is 7.74. The number of carbonyl (C=O) groups excluding carboxylic acids is 1. The number of amides is 2. The molecule has 0 unspecified atom stereocenters. The number of thiophene rings is 1. The topological polar surface area (TPSA) is 54.0 Å². The second-order valence-electron chi connectivity index (χ2n) is 5.62. The molecule has 1 fully saturated rings. The van der Waals surface area contributed by atoms with Crippen LogP contribution in [0.15, 0.2) is 22.9 Å². The fraction of sp³-hybridized carbons (Fsp3) is 0.500. The van der Waals surface area contributed by atoms with Crippen LogP contribution in [0, 0.1) is 0 Å². The van der Waals surface area contributed by atoms with Crippen molar-refractivity contribution in [2.75, 3.05) is 0 Å². The monoisotopic (exact) mass is 335 g/mol. The average Bonchev–Trinajstić information content (AvgIpc) is 3.23. The van der Waals surface area contributed by atoms with Crippen molar-refractivity contribution < 1.29 is 4.79 Å². The number of aromatic nitrogens is 1. The number of urea groups is 1. The molecule has 2 heterocycles. The molecule has 0 spiro atoms. The fourth-order valence-corrected chi connectivity index (χ4v) is 4.25. The number of hydrogen-bond donors (Lipinski definition) is 2. The Labute approximate surface area is 139 Å². The second-order valence-corrected chi connectivity index (χ2v) is 7.59. The Morgan fingerprint density at radius 2 is 2.00 bits per heavy atom. The molecule has 0 atom stereocenters. The Hall–Kier alpha value is -1.40. The predicted octanol–water partition coefficient (Wildman–Crippen LogP) is 4.25. The molecule has 2 aromatic heterocycles. The maximum absolute atomic E-state index is 11.8. The van der Waals surface area contributed by atoms with Crippen LogP contribution >= 0.6 is 22.7 Å². The molecule has 6 heteroatoms. The van der Waals surface area contributed by atoms with Gasteiger partial charge in [0.15, 0.2) is 0 Å². The summed E-state index contributed by atoms with van der Waals surface area (Å²) in [5.74, 6) is 0.631. The maximum atomic E-state index is 11.8. The zero-order valence-corrected chi connectivity index (χ0v) is 14.1. The average molecular weight is 335 g/mol. The van der Waals surface area contributed by atoms with E-state index in [1.54, 1.807) is 22.7 Å². The lowest BCUT2D eigenvalue weighted by Gasteiger charge is -2.19. The van der Waals surface area contributed by atoms with Crippen LogP contribution in [0.3, 0.4) is 0 Å². The van der Waals surface area contributed by atoms with Gasteiger partial charge < -0.3 is 10.6 Å². The van der Waals surface area contributed by atoms with Crippen LogP contribution < -0.4 is 10.6 Å². The Morgan fingerprint density at radius 3 is 2.77 bits per heavy atom. The van der Waals surface area contributed by atoms with E-state index < -0.39 is 0 Å². The van der Waals surface area contributed by atoms with E-state index in [-0.39, 0.29) is 6.03 Å². The number of nitrogens with zero attached hydrogens (tertiary/aromatic N) is 1. The lowest BCUT2D eigenvalue weighted by atomic mass is 9.87. The van der Waals surface area contributed by atoms with E-state index in [0.29, 0.717) is 19.0 Å². The summed E-state index contributed by atoms with van der Waals surface area (Å²) in [6, 6.07) is 3.87. The summed E-state index contributed by atoms with van der Waals surface area (Å²) in [4.78, 5) is 17.6. The molecule has 1 aliphatic carbocycles. The van der Waals surface area contributed by atoms with Gasteiger partial charge in [-0.05, 0) is 24.3 Å². The van der Waals surface area contributed by atoms with Crippen LogP contribution in [0.2, 0.25) is 0 Å². The van der Waals surface area contributed by atoms with Crippen molar-refractivity contribution in [3.05, 3.63) is 38.5 Å². The van der Waals surface area contributed by atoms with E-state index in [9.17, 15) is 4.79 Å². The molecule has 3 rings (SSSR count). The fourth-order valence-electron chi connectivity index (χ4n) is 2.79. The number of carbonyl (C=O) groups is 1. The van der Waals surface area contributed by atoms with Crippen LogP contribution in [-0.2, 0) is 13.1 Å². The molecule has 4 nitrogen and oxygen atoms in total. The summed E-state index contributed by atoms with van der Waals surface area (Å²) in [5.41, 5.74) is 1.22. The first-order valence-electron chi connectivity index (χ1n) is 7.79. The molecule has 0 aliphatic heterocycles. The van der Waals surface area contributed by atoms with Crippen LogP contribution in [0.25, 0.3) is 0 Å². The van der Waals surface area contributed by atoms with Gasteiger partial charge in [-0.25, -0.2) is 9.78 Å². The molecule has 0 saturated heterocycles. The van der Waals surface area contributed by atoms with E-state index in [1.165, 1.54) is 37.8 Å². The molecule has 2 amide bonds. The summed E-state index contributed by atoms with van der Waals surface area (Å²) >= 11 is 3.30. The molecule has 0 bridgehead atoms. The minimum atomic E-state index is -0.136. The largest absolute Gasteiger partial charge is 0.333 e. The first-order valence-corrected chi connectivity index (χ1v) is 9.55. The van der Waals surface area contributed by atoms with E-state index >= 15 is 0 Å². The highest BCUT2D eigenvalue weighted by Crippen LogP contribution is 2.32. The Kier molecular flexibility index (Phi) is 5.45. The lowest BCUT2D eigenvalue weighted by molar-refractivity contribution is 0.240. The summed E-state index contributed by atoms with van der Waals surface area (Å²) in [6.07, 6.45) is 6.52. The highest BCUT2D eigenvalue weighted by Gasteiger charge is 2.18. The summed E-state index contributed by atoms with van der Waals surface area (Å²) in [7, 11) is 0. The molecule has 1 aliphatic rings. The van der Waals surface area contributed by atoms with Gasteiger partial charge in [0.25, 0.3) is 0 Å². The van der Waals surface area contributed by atoms with Crippen molar-refractivity contribution in [2.24, 2.45) is 0 Å². The smallest absolute Gasteiger partial charge is 0.315 e. The SMILES string of the molecule is O=C(NCc1cccs1)NCc1nc(C2CCCCC2)cs1. The van der Waals surface area contributed by atoms with Gasteiger partial charge in [-0.1, -0.05) is 25.3 Å². The molecule has 0 radical (unpaired) electrons. The number of thiazole rings is 1. The maximum Gasteiger partial charge on any atom is 0.315 e. The molecular formula is C16H21N3OS2. The molecular weight excluding hydrogens is 314 g/mol. The van der Waals surface area contributed by atoms with Gasteiger partial charge in [-0.2, -0.15) is 0 Å². The van der Waals surface area contributed by atoms with Crippen LogP contribution in [0.5, 0.6) is 0 Å². The molecule has 1 saturated carbocycles. The summed E-state index contributed by atoms with van der Waals surface area (Å²) < 4.78 is 0. The van der Waals surface area contributed by atoms with Crippen molar-refractivity contribution in [3.63, 3.8) is 0 Å². The molecule has 2 aromatic rings. The van der Waals surface area contributed by atoms with Crippen molar-refractivity contribution in [1.29, 1.82) is 0 Å². The molecule has 118 valence electrons. The van der Waals surface area contributed by atoms with Crippen LogP contribution in [0.1, 0.15) is 53.6 Å². The van der Waals surface area contributed by atoms with Crippen molar-refractivity contribution >= 4 is 28.7 Å². The van der Waals surface area contributed by atoms with Crippen molar-refractivity contribution in [3.8, 4) is 0 Å². The van der Waals surface area contributed by atoms with Crippen molar-refractivity contribution in [1.82, 2.24) is 15.6 Å². The molecule has 22 heavy (non-hydrogen) atoms. The van der Waals surface area contributed by atoms with E-state index in [2.05, 4.69) is 16.0 Å². The third-order valence-corrected chi connectivity index (χ3v) is 5.74. The highest BCUT2D eigenvalue weighted by atomic mass is 32.1. The minimum Gasteiger partial charge on any atom is -0.333 e. The summed E-state index contributed by atoms with van der Waals surface area (Å²) in [5, 5.41) is 10.9. The van der Waals surface area contributed by atoms with E-state index in [0.717, 1.165) is 9.88 Å². The van der Waals surface area contributed by atoms with Gasteiger partial charge >= 0.3 is 6.03 Å². The highest BCUT2D eigenvalue weighted by molar-refractivity contribution is 7.10. The van der Waals surface area contributed by atoms with Gasteiger partial charge in [-0.15, -0.1) is 22.7 Å². The zero-order chi connectivity index (χ0) is 15.2. The lowest BCUT2D eigenvalue weighted by Crippen LogP contribution is -2.34. The number of rotatable bonds is 5. The summed E-state index contributed by atoms with van der Waals surface area (Å²) in [6.45, 7) is 1.09. The Balaban J connectivity index is 1.43. The van der Waals surface area contributed by atoms with Gasteiger partial charge in [0.2, 0.25) is 0 Å². The minimum absolute atomic E-state index is 0.136. The third-order valence-electron chi connectivity index (χ3n) is 4.00. The first kappa shape index (κ1) is 15.5.